The van der Waals surface area contributed by atoms with Crippen molar-refractivity contribution in [3.63, 3.8) is 0 Å². The molecule has 47 heavy (non-hydrogen) atoms. The normalized spacial score (nSPS) is 13.5. The van der Waals surface area contributed by atoms with Crippen LogP contribution < -0.4 is 9.80 Å². The quantitative estimate of drug-likeness (QED) is 0.199. The summed E-state index contributed by atoms with van der Waals surface area (Å²) in [5, 5.41) is 9.07. The largest absolute Gasteiger partial charge is 0.416 e. The molecule has 9 rings (SSSR count). The Morgan fingerprint density at radius 3 is 1.09 bits per heavy atom. The molecule has 0 unspecified atom stereocenters. The van der Waals surface area contributed by atoms with Gasteiger partial charge in [-0.2, -0.15) is 0 Å². The van der Waals surface area contributed by atoms with Crippen molar-refractivity contribution in [2.24, 2.45) is 0 Å². The third kappa shape index (κ3) is 4.88. The lowest BCUT2D eigenvalue weighted by molar-refractivity contribution is 0.584. The molecule has 0 atom stereocenters. The molecule has 5 heteroatoms. The van der Waals surface area contributed by atoms with Gasteiger partial charge in [-0.25, -0.2) is 0 Å². The molecule has 0 saturated heterocycles. The Morgan fingerprint density at radius 1 is 0.383 bits per heavy atom. The first kappa shape index (κ1) is 27.4. The molecule has 0 amide bonds. The minimum absolute atomic E-state index is 0.495. The summed E-state index contributed by atoms with van der Waals surface area (Å²) in [5.74, 6) is 0.989. The van der Waals surface area contributed by atoms with E-state index in [1.165, 1.54) is 45.0 Å². The van der Waals surface area contributed by atoms with E-state index < -0.39 is 0 Å². The van der Waals surface area contributed by atoms with Crippen molar-refractivity contribution in [1.82, 2.24) is 10.2 Å². The standard InChI is InChI=1S/C42H32N4O/c1-5-19-37-29(11-1)23-24-30-12-2-6-20-38(30)45(37)35-17-9-15-33(27-35)41-43-44-42(47-41)34-16-10-18-36(28-34)46-39-21-7-3-13-31(39)25-26-32-14-4-8-22-40(32)46/h1-22,27-28H,23-26H2. The molecule has 0 saturated carbocycles. The number of para-hydroxylation sites is 4. The summed E-state index contributed by atoms with van der Waals surface area (Å²) in [6, 6.07) is 51.6. The van der Waals surface area contributed by atoms with E-state index in [4.69, 9.17) is 4.42 Å². The van der Waals surface area contributed by atoms with Crippen LogP contribution >= 0.6 is 0 Å². The van der Waals surface area contributed by atoms with Crippen molar-refractivity contribution in [3.05, 3.63) is 168 Å². The monoisotopic (exact) mass is 608 g/mol. The molecule has 0 radical (unpaired) electrons. The Balaban J connectivity index is 1.09. The zero-order valence-electron chi connectivity index (χ0n) is 25.9. The van der Waals surface area contributed by atoms with Gasteiger partial charge >= 0.3 is 0 Å². The lowest BCUT2D eigenvalue weighted by atomic mass is 10.0. The van der Waals surface area contributed by atoms with E-state index in [9.17, 15) is 0 Å². The summed E-state index contributed by atoms with van der Waals surface area (Å²) in [6.07, 6.45) is 4.02. The van der Waals surface area contributed by atoms with Gasteiger partial charge in [-0.1, -0.05) is 84.9 Å². The number of aryl methyl sites for hydroxylation is 4. The van der Waals surface area contributed by atoms with E-state index in [-0.39, 0.29) is 0 Å². The highest BCUT2D eigenvalue weighted by atomic mass is 16.4. The van der Waals surface area contributed by atoms with Crippen molar-refractivity contribution >= 4 is 34.1 Å². The molecule has 0 fully saturated rings. The lowest BCUT2D eigenvalue weighted by Gasteiger charge is -2.27. The topological polar surface area (TPSA) is 45.4 Å². The zero-order valence-corrected chi connectivity index (χ0v) is 25.9. The molecule has 1 aromatic heterocycles. The molecule has 3 heterocycles. The van der Waals surface area contributed by atoms with Crippen molar-refractivity contribution in [2.45, 2.75) is 25.7 Å². The number of nitrogens with zero attached hydrogens (tertiary/aromatic N) is 4. The van der Waals surface area contributed by atoms with Crippen LogP contribution in [0.15, 0.2) is 150 Å². The Hall–Kier alpha value is -5.94. The van der Waals surface area contributed by atoms with Crippen LogP contribution in [0.2, 0.25) is 0 Å². The van der Waals surface area contributed by atoms with Gasteiger partial charge in [0.1, 0.15) is 0 Å². The van der Waals surface area contributed by atoms with Gasteiger partial charge in [-0.15, -0.1) is 10.2 Å². The SMILES string of the molecule is c1cc(-c2nnc(-c3cccc(N4c5ccccc5CCc5ccccc54)c3)o2)cc(N2c3ccccc3CCc3ccccc32)c1. The Bertz CT molecular complexity index is 2000. The molecule has 2 aliphatic rings. The maximum Gasteiger partial charge on any atom is 0.248 e. The molecule has 0 spiro atoms. The van der Waals surface area contributed by atoms with Crippen LogP contribution in [0.5, 0.6) is 0 Å². The summed E-state index contributed by atoms with van der Waals surface area (Å²) in [5.41, 5.74) is 14.0. The highest BCUT2D eigenvalue weighted by molar-refractivity contribution is 5.84. The molecule has 2 aliphatic heterocycles. The smallest absolute Gasteiger partial charge is 0.248 e. The number of hydrogen-bond donors (Lipinski definition) is 0. The molecular weight excluding hydrogens is 576 g/mol. The fraction of sp³-hybridized carbons (Fsp3) is 0.0952. The summed E-state index contributed by atoms with van der Waals surface area (Å²) >= 11 is 0. The van der Waals surface area contributed by atoms with Gasteiger partial charge < -0.3 is 14.2 Å². The summed E-state index contributed by atoms with van der Waals surface area (Å²) in [4.78, 5) is 4.72. The number of rotatable bonds is 4. The van der Waals surface area contributed by atoms with Gasteiger partial charge in [0.25, 0.3) is 0 Å². The number of fused-ring (bicyclic) bond motifs is 4. The van der Waals surface area contributed by atoms with Crippen LogP contribution in [0, 0.1) is 0 Å². The van der Waals surface area contributed by atoms with Crippen molar-refractivity contribution in [1.29, 1.82) is 0 Å². The number of benzene rings is 6. The summed E-state index contributed by atoms with van der Waals surface area (Å²) in [6.45, 7) is 0. The Labute approximate surface area is 274 Å². The molecule has 0 aliphatic carbocycles. The van der Waals surface area contributed by atoms with E-state index in [0.717, 1.165) is 48.2 Å². The molecular formula is C42H32N4O. The van der Waals surface area contributed by atoms with Crippen LogP contribution in [-0.2, 0) is 25.7 Å². The van der Waals surface area contributed by atoms with E-state index in [2.05, 4.69) is 153 Å². The zero-order chi connectivity index (χ0) is 31.2. The first-order valence-electron chi connectivity index (χ1n) is 16.3. The van der Waals surface area contributed by atoms with Crippen molar-refractivity contribution in [2.75, 3.05) is 9.80 Å². The van der Waals surface area contributed by atoms with Crippen molar-refractivity contribution in [3.8, 4) is 22.9 Å². The average molecular weight is 609 g/mol. The van der Waals surface area contributed by atoms with E-state index >= 15 is 0 Å². The second-order valence-corrected chi connectivity index (χ2v) is 12.2. The average Bonchev–Trinajstić information content (AvgIpc) is 3.49. The van der Waals surface area contributed by atoms with Crippen LogP contribution in [0.3, 0.4) is 0 Å². The predicted octanol–water partition coefficient (Wildman–Crippen LogP) is 10.5. The van der Waals surface area contributed by atoms with Gasteiger partial charge in [-0.05, 0) is 109 Å². The first-order valence-corrected chi connectivity index (χ1v) is 16.3. The number of anilines is 6. The second kappa shape index (κ2) is 11.5. The number of aromatic nitrogens is 2. The maximum absolute atomic E-state index is 6.41. The van der Waals surface area contributed by atoms with Gasteiger partial charge in [0, 0.05) is 45.3 Å². The maximum atomic E-state index is 6.41. The molecule has 0 bridgehead atoms. The Kier molecular flexibility index (Phi) is 6.67. The Morgan fingerprint density at radius 2 is 0.723 bits per heavy atom. The fourth-order valence-electron chi connectivity index (χ4n) is 7.13. The number of hydrogen-bond acceptors (Lipinski definition) is 5. The van der Waals surface area contributed by atoms with Crippen LogP contribution in [-0.4, -0.2) is 10.2 Å². The minimum Gasteiger partial charge on any atom is -0.416 e. The third-order valence-corrected chi connectivity index (χ3v) is 9.39. The van der Waals surface area contributed by atoms with Gasteiger partial charge in [-0.3, -0.25) is 0 Å². The molecule has 6 aromatic carbocycles. The second-order valence-electron chi connectivity index (χ2n) is 12.2. The molecule has 226 valence electrons. The van der Waals surface area contributed by atoms with E-state index in [1.807, 2.05) is 12.1 Å². The highest BCUT2D eigenvalue weighted by Crippen LogP contribution is 2.44. The highest BCUT2D eigenvalue weighted by Gasteiger charge is 2.24. The van der Waals surface area contributed by atoms with Crippen molar-refractivity contribution < 1.29 is 4.42 Å². The molecule has 0 N–H and O–H groups in total. The van der Waals surface area contributed by atoms with Crippen LogP contribution in [0.4, 0.5) is 34.1 Å². The van der Waals surface area contributed by atoms with E-state index in [0.29, 0.717) is 11.8 Å². The van der Waals surface area contributed by atoms with Gasteiger partial charge in [0.05, 0.1) is 0 Å². The summed E-state index contributed by atoms with van der Waals surface area (Å²) in [7, 11) is 0. The van der Waals surface area contributed by atoms with Crippen LogP contribution in [0.25, 0.3) is 22.9 Å². The lowest BCUT2D eigenvalue weighted by Crippen LogP contribution is -2.11. The minimum atomic E-state index is 0.495. The van der Waals surface area contributed by atoms with E-state index in [1.54, 1.807) is 0 Å². The summed E-state index contributed by atoms with van der Waals surface area (Å²) < 4.78 is 6.41. The molecule has 5 nitrogen and oxygen atoms in total. The van der Waals surface area contributed by atoms with Gasteiger partial charge in [0.2, 0.25) is 11.8 Å². The van der Waals surface area contributed by atoms with Crippen LogP contribution in [0.1, 0.15) is 22.3 Å². The molecule has 7 aromatic rings. The third-order valence-electron chi connectivity index (χ3n) is 9.39. The predicted molar refractivity (Wildman–Crippen MR) is 189 cm³/mol. The fourth-order valence-corrected chi connectivity index (χ4v) is 7.13. The first-order chi connectivity index (χ1) is 23.3. The van der Waals surface area contributed by atoms with Gasteiger partial charge in [0.15, 0.2) is 0 Å².